The van der Waals surface area contributed by atoms with E-state index in [1.54, 1.807) is 18.5 Å². The number of hydrogen-bond acceptors (Lipinski definition) is 4. The maximum atomic E-state index is 9.79. The molecule has 1 aliphatic rings. The van der Waals surface area contributed by atoms with Gasteiger partial charge in [-0.2, -0.15) is 0 Å². The fraction of sp³-hybridized carbons (Fsp3) is 0.375. The van der Waals surface area contributed by atoms with Crippen molar-refractivity contribution >= 4 is 27.8 Å². The fourth-order valence-corrected chi connectivity index (χ4v) is 3.33. The van der Waals surface area contributed by atoms with Gasteiger partial charge in [-0.15, -0.1) is 0 Å². The minimum atomic E-state index is 0.268. The molecule has 0 saturated carbocycles. The lowest BCUT2D eigenvalue weighted by Crippen LogP contribution is -2.38. The number of piperidine rings is 1. The van der Waals surface area contributed by atoms with E-state index < -0.39 is 0 Å². The molecule has 4 rings (SSSR count). The third-order valence-corrected chi connectivity index (χ3v) is 4.43. The SMILES string of the molecule is CC1CCCCN1c1ncnc2[nH]c3ccc(O)cc3c12. The van der Waals surface area contributed by atoms with Crippen LogP contribution < -0.4 is 4.90 Å². The number of nitrogens with one attached hydrogen (secondary N) is 1. The lowest BCUT2D eigenvalue weighted by Gasteiger charge is -2.34. The summed E-state index contributed by atoms with van der Waals surface area (Å²) >= 11 is 0. The van der Waals surface area contributed by atoms with Crippen molar-refractivity contribution < 1.29 is 5.11 Å². The number of phenols is 1. The molecule has 1 unspecified atom stereocenters. The predicted molar refractivity (Wildman–Crippen MR) is 83.7 cm³/mol. The molecule has 2 N–H and O–H groups in total. The summed E-state index contributed by atoms with van der Waals surface area (Å²) in [5.41, 5.74) is 1.81. The van der Waals surface area contributed by atoms with Gasteiger partial charge in [0.15, 0.2) is 0 Å². The van der Waals surface area contributed by atoms with Crippen molar-refractivity contribution in [3.63, 3.8) is 0 Å². The molecule has 21 heavy (non-hydrogen) atoms. The Morgan fingerprint density at radius 3 is 3.05 bits per heavy atom. The molecule has 1 aliphatic heterocycles. The van der Waals surface area contributed by atoms with Crippen LogP contribution >= 0.6 is 0 Å². The zero-order valence-electron chi connectivity index (χ0n) is 12.0. The highest BCUT2D eigenvalue weighted by Gasteiger charge is 2.23. The molecule has 1 fully saturated rings. The van der Waals surface area contributed by atoms with E-state index in [0.29, 0.717) is 6.04 Å². The van der Waals surface area contributed by atoms with E-state index in [4.69, 9.17) is 0 Å². The molecule has 0 radical (unpaired) electrons. The van der Waals surface area contributed by atoms with Crippen LogP contribution in [0.1, 0.15) is 26.2 Å². The molecule has 0 bridgehead atoms. The number of H-pyrrole nitrogens is 1. The van der Waals surface area contributed by atoms with Crippen molar-refractivity contribution in [1.82, 2.24) is 15.0 Å². The highest BCUT2D eigenvalue weighted by molar-refractivity contribution is 6.11. The van der Waals surface area contributed by atoms with Gasteiger partial charge in [0.1, 0.15) is 23.5 Å². The summed E-state index contributed by atoms with van der Waals surface area (Å²) < 4.78 is 0. The summed E-state index contributed by atoms with van der Waals surface area (Å²) in [5.74, 6) is 1.24. The summed E-state index contributed by atoms with van der Waals surface area (Å²) in [6.45, 7) is 3.28. The van der Waals surface area contributed by atoms with Crippen LogP contribution in [0, 0.1) is 0 Å². The first kappa shape index (κ1) is 12.4. The summed E-state index contributed by atoms with van der Waals surface area (Å²) in [6.07, 6.45) is 5.29. The average Bonchev–Trinajstić information content (AvgIpc) is 2.86. The van der Waals surface area contributed by atoms with Crippen molar-refractivity contribution in [2.45, 2.75) is 32.2 Å². The average molecular weight is 282 g/mol. The largest absolute Gasteiger partial charge is 0.508 e. The van der Waals surface area contributed by atoms with Gasteiger partial charge in [0.2, 0.25) is 0 Å². The maximum absolute atomic E-state index is 9.79. The second-order valence-corrected chi connectivity index (χ2v) is 5.81. The molecule has 1 saturated heterocycles. The van der Waals surface area contributed by atoms with E-state index in [0.717, 1.165) is 34.3 Å². The Kier molecular flexibility index (Phi) is 2.74. The molecule has 0 spiro atoms. The second kappa shape index (κ2) is 4.62. The van der Waals surface area contributed by atoms with Crippen molar-refractivity contribution in [3.8, 4) is 5.75 Å². The Bertz CT molecular complexity index is 810. The van der Waals surface area contributed by atoms with Gasteiger partial charge >= 0.3 is 0 Å². The van der Waals surface area contributed by atoms with Crippen molar-refractivity contribution in [3.05, 3.63) is 24.5 Å². The molecular weight excluding hydrogens is 264 g/mol. The number of aromatic nitrogens is 3. The summed E-state index contributed by atoms with van der Waals surface area (Å²) in [4.78, 5) is 14.6. The quantitative estimate of drug-likeness (QED) is 0.719. The molecule has 108 valence electrons. The zero-order chi connectivity index (χ0) is 14.4. The summed E-state index contributed by atoms with van der Waals surface area (Å²) in [7, 11) is 0. The van der Waals surface area contributed by atoms with Crippen LogP contribution in [0.3, 0.4) is 0 Å². The van der Waals surface area contributed by atoms with Gasteiger partial charge in [-0.25, -0.2) is 9.97 Å². The van der Waals surface area contributed by atoms with E-state index in [2.05, 4.69) is 26.8 Å². The van der Waals surface area contributed by atoms with E-state index in [1.807, 2.05) is 6.07 Å². The number of rotatable bonds is 1. The number of aromatic amines is 1. The van der Waals surface area contributed by atoms with Gasteiger partial charge in [-0.05, 0) is 44.4 Å². The Labute approximate surface area is 122 Å². The first-order valence-corrected chi connectivity index (χ1v) is 7.46. The van der Waals surface area contributed by atoms with Gasteiger partial charge < -0.3 is 15.0 Å². The number of aromatic hydroxyl groups is 1. The summed E-state index contributed by atoms with van der Waals surface area (Å²) in [5, 5.41) is 11.8. The maximum Gasteiger partial charge on any atom is 0.143 e. The lowest BCUT2D eigenvalue weighted by molar-refractivity contribution is 0.476. The van der Waals surface area contributed by atoms with Crippen LogP contribution in [0.2, 0.25) is 0 Å². The van der Waals surface area contributed by atoms with E-state index in [1.165, 1.54) is 19.3 Å². The number of phenolic OH excluding ortho intramolecular Hbond substituents is 1. The molecule has 3 aromatic rings. The topological polar surface area (TPSA) is 65.0 Å². The third-order valence-electron chi connectivity index (χ3n) is 4.43. The Hall–Kier alpha value is -2.30. The third kappa shape index (κ3) is 1.92. The molecule has 1 aromatic carbocycles. The molecule has 5 heteroatoms. The van der Waals surface area contributed by atoms with Gasteiger partial charge in [-0.1, -0.05) is 0 Å². The molecule has 2 aromatic heterocycles. The molecule has 0 aliphatic carbocycles. The number of nitrogens with zero attached hydrogens (tertiary/aromatic N) is 3. The standard InChI is InChI=1S/C16H18N4O/c1-10-4-2-3-7-20(10)16-14-12-8-11(21)5-6-13(12)19-15(14)17-9-18-16/h5-6,8-10,21H,2-4,7H2,1H3,(H,17,18,19). The van der Waals surface area contributed by atoms with Crippen LogP contribution in [0.25, 0.3) is 21.9 Å². The highest BCUT2D eigenvalue weighted by atomic mass is 16.3. The van der Waals surface area contributed by atoms with E-state index in [-0.39, 0.29) is 5.75 Å². The predicted octanol–water partition coefficient (Wildman–Crippen LogP) is 3.20. The Morgan fingerprint density at radius 2 is 2.19 bits per heavy atom. The van der Waals surface area contributed by atoms with Crippen LogP contribution in [-0.2, 0) is 0 Å². The number of benzene rings is 1. The first-order chi connectivity index (χ1) is 10.2. The van der Waals surface area contributed by atoms with Crippen molar-refractivity contribution in [2.24, 2.45) is 0 Å². The van der Waals surface area contributed by atoms with Crippen LogP contribution in [-0.4, -0.2) is 32.6 Å². The minimum Gasteiger partial charge on any atom is -0.508 e. The molecule has 5 nitrogen and oxygen atoms in total. The smallest absolute Gasteiger partial charge is 0.143 e. The molecule has 0 amide bonds. The monoisotopic (exact) mass is 282 g/mol. The van der Waals surface area contributed by atoms with E-state index >= 15 is 0 Å². The van der Waals surface area contributed by atoms with E-state index in [9.17, 15) is 5.11 Å². The molecular formula is C16H18N4O. The van der Waals surface area contributed by atoms with Crippen LogP contribution in [0.5, 0.6) is 5.75 Å². The Morgan fingerprint density at radius 1 is 1.29 bits per heavy atom. The first-order valence-electron chi connectivity index (χ1n) is 7.46. The number of hydrogen-bond donors (Lipinski definition) is 2. The van der Waals surface area contributed by atoms with Crippen LogP contribution in [0.4, 0.5) is 5.82 Å². The fourth-order valence-electron chi connectivity index (χ4n) is 3.33. The van der Waals surface area contributed by atoms with Gasteiger partial charge in [0, 0.05) is 23.5 Å². The van der Waals surface area contributed by atoms with Crippen molar-refractivity contribution in [1.29, 1.82) is 0 Å². The normalized spacial score (nSPS) is 19.5. The van der Waals surface area contributed by atoms with Gasteiger partial charge in [0.25, 0.3) is 0 Å². The second-order valence-electron chi connectivity index (χ2n) is 5.81. The minimum absolute atomic E-state index is 0.268. The number of anilines is 1. The summed E-state index contributed by atoms with van der Waals surface area (Å²) in [6, 6.07) is 5.85. The highest BCUT2D eigenvalue weighted by Crippen LogP contribution is 2.35. The van der Waals surface area contributed by atoms with Gasteiger partial charge in [-0.3, -0.25) is 0 Å². The lowest BCUT2D eigenvalue weighted by atomic mass is 10.0. The zero-order valence-corrected chi connectivity index (χ0v) is 12.0. The molecule has 3 heterocycles. The van der Waals surface area contributed by atoms with Crippen LogP contribution in [0.15, 0.2) is 24.5 Å². The number of fused-ring (bicyclic) bond motifs is 3. The van der Waals surface area contributed by atoms with Crippen molar-refractivity contribution in [2.75, 3.05) is 11.4 Å². The van der Waals surface area contributed by atoms with Gasteiger partial charge in [0.05, 0.1) is 5.39 Å². The Balaban J connectivity index is 1.99. The molecule has 1 atom stereocenters.